The zero-order chi connectivity index (χ0) is 18.7. The third-order valence-electron chi connectivity index (χ3n) is 4.55. The van der Waals surface area contributed by atoms with E-state index in [0.29, 0.717) is 18.1 Å². The van der Waals surface area contributed by atoms with Crippen molar-refractivity contribution >= 4 is 28.5 Å². The molecule has 0 saturated heterocycles. The molecule has 6 heteroatoms. The normalized spacial score (nSPS) is 12.3. The number of aryl methyl sites for hydroxylation is 2. The average Bonchev–Trinajstić information content (AvgIpc) is 2.91. The van der Waals surface area contributed by atoms with E-state index < -0.39 is 0 Å². The number of nitrogens with one attached hydrogen (secondary N) is 1. The van der Waals surface area contributed by atoms with Crippen molar-refractivity contribution in [2.75, 3.05) is 0 Å². The number of fused-ring (bicyclic) bond motifs is 1. The smallest absolute Gasteiger partial charge is 0.329 e. The van der Waals surface area contributed by atoms with Gasteiger partial charge in [0, 0.05) is 24.5 Å². The van der Waals surface area contributed by atoms with Gasteiger partial charge < -0.3 is 5.32 Å². The number of nitrogens with zero attached hydrogens (tertiary/aromatic N) is 2. The van der Waals surface area contributed by atoms with Gasteiger partial charge in [-0.25, -0.2) is 4.79 Å². The predicted molar refractivity (Wildman–Crippen MR) is 104 cm³/mol. The first-order valence-electron chi connectivity index (χ1n) is 8.74. The molecule has 0 aliphatic heterocycles. The monoisotopic (exact) mass is 371 g/mol. The maximum Gasteiger partial charge on any atom is 0.329 e. The van der Waals surface area contributed by atoms with Crippen LogP contribution in [0.25, 0.3) is 11.0 Å². The molecule has 2 aromatic carbocycles. The number of para-hydroxylation sites is 2. The van der Waals surface area contributed by atoms with Crippen LogP contribution < -0.4 is 11.0 Å². The fraction of sp³-hybridized carbons (Fsp3) is 0.300. The molecule has 0 aliphatic carbocycles. The lowest BCUT2D eigenvalue weighted by atomic mass is 10.1. The Morgan fingerprint density at radius 2 is 1.69 bits per heavy atom. The van der Waals surface area contributed by atoms with Crippen LogP contribution in [-0.2, 0) is 17.9 Å². The van der Waals surface area contributed by atoms with E-state index in [-0.39, 0.29) is 24.1 Å². The Morgan fingerprint density at radius 1 is 1.08 bits per heavy atom. The van der Waals surface area contributed by atoms with E-state index in [1.54, 1.807) is 21.3 Å². The molecule has 1 heterocycles. The summed E-state index contributed by atoms with van der Waals surface area (Å²) in [6.07, 6.45) is 0.246. The molecule has 0 fully saturated rings. The molecule has 1 atom stereocenters. The average molecular weight is 372 g/mol. The van der Waals surface area contributed by atoms with Crippen LogP contribution in [0.2, 0.25) is 5.02 Å². The molecule has 1 aromatic heterocycles. The maximum absolute atomic E-state index is 12.6. The molecule has 1 N–H and O–H groups in total. The molecule has 5 nitrogen and oxygen atoms in total. The predicted octanol–water partition coefficient (Wildman–Crippen LogP) is 3.74. The van der Waals surface area contributed by atoms with E-state index in [4.69, 9.17) is 11.6 Å². The maximum atomic E-state index is 12.6. The Kier molecular flexibility index (Phi) is 5.47. The van der Waals surface area contributed by atoms with Gasteiger partial charge in [0.05, 0.1) is 17.1 Å². The van der Waals surface area contributed by atoms with Gasteiger partial charge in [0.2, 0.25) is 5.91 Å². The van der Waals surface area contributed by atoms with Crippen molar-refractivity contribution < 1.29 is 4.79 Å². The highest BCUT2D eigenvalue weighted by Gasteiger charge is 2.14. The molecular weight excluding hydrogens is 350 g/mol. The standard InChI is InChI=1S/C20H22ClN3O2/c1-3-23-17-6-4-5-7-18(17)24(20(23)26)13-12-19(25)22-14(2)15-8-10-16(21)11-9-15/h4-11,14H,3,12-13H2,1-2H3,(H,22,25)/t14-/m0/s1. The van der Waals surface area contributed by atoms with E-state index >= 15 is 0 Å². The van der Waals surface area contributed by atoms with Gasteiger partial charge >= 0.3 is 5.69 Å². The molecular formula is C20H22ClN3O2. The number of rotatable bonds is 6. The van der Waals surface area contributed by atoms with E-state index in [2.05, 4.69) is 5.32 Å². The van der Waals surface area contributed by atoms with Crippen molar-refractivity contribution in [1.82, 2.24) is 14.5 Å². The van der Waals surface area contributed by atoms with Gasteiger partial charge in [-0.2, -0.15) is 0 Å². The van der Waals surface area contributed by atoms with Crippen molar-refractivity contribution in [2.45, 2.75) is 39.4 Å². The largest absolute Gasteiger partial charge is 0.350 e. The van der Waals surface area contributed by atoms with Crippen LogP contribution in [0.5, 0.6) is 0 Å². The summed E-state index contributed by atoms with van der Waals surface area (Å²) in [6.45, 7) is 4.83. The van der Waals surface area contributed by atoms with Crippen molar-refractivity contribution in [1.29, 1.82) is 0 Å². The molecule has 0 bridgehead atoms. The first-order valence-corrected chi connectivity index (χ1v) is 9.12. The van der Waals surface area contributed by atoms with Crippen LogP contribution in [-0.4, -0.2) is 15.0 Å². The lowest BCUT2D eigenvalue weighted by Crippen LogP contribution is -2.30. The molecule has 0 saturated carbocycles. The minimum Gasteiger partial charge on any atom is -0.350 e. The number of hydrogen-bond acceptors (Lipinski definition) is 2. The molecule has 3 aromatic rings. The first kappa shape index (κ1) is 18.3. The number of aromatic nitrogens is 2. The summed E-state index contributed by atoms with van der Waals surface area (Å²) in [7, 11) is 0. The van der Waals surface area contributed by atoms with Gasteiger partial charge in [-0.05, 0) is 43.7 Å². The molecule has 0 radical (unpaired) electrons. The van der Waals surface area contributed by atoms with Gasteiger partial charge in [-0.15, -0.1) is 0 Å². The van der Waals surface area contributed by atoms with Crippen molar-refractivity contribution in [3.8, 4) is 0 Å². The summed E-state index contributed by atoms with van der Waals surface area (Å²) in [6, 6.07) is 14.9. The Labute approximate surface area is 157 Å². The van der Waals surface area contributed by atoms with E-state index in [9.17, 15) is 9.59 Å². The summed E-state index contributed by atoms with van der Waals surface area (Å²) in [5.74, 6) is -0.0901. The van der Waals surface area contributed by atoms with Crippen LogP contribution in [0.4, 0.5) is 0 Å². The van der Waals surface area contributed by atoms with Crippen LogP contribution in [0.15, 0.2) is 53.3 Å². The van der Waals surface area contributed by atoms with Crippen LogP contribution in [0.3, 0.4) is 0 Å². The Bertz CT molecular complexity index is 973. The SMILES string of the molecule is CCn1c(=O)n(CCC(=O)N[C@@H](C)c2ccc(Cl)cc2)c2ccccc21. The van der Waals surface area contributed by atoms with Gasteiger partial charge in [0.1, 0.15) is 0 Å². The summed E-state index contributed by atoms with van der Waals surface area (Å²) in [5.41, 5.74) is 2.67. The van der Waals surface area contributed by atoms with Crippen molar-refractivity contribution in [2.24, 2.45) is 0 Å². The summed E-state index contributed by atoms with van der Waals surface area (Å²) >= 11 is 5.89. The quantitative estimate of drug-likeness (QED) is 0.717. The van der Waals surface area contributed by atoms with Crippen LogP contribution >= 0.6 is 11.6 Å². The minimum absolute atomic E-state index is 0.0766. The summed E-state index contributed by atoms with van der Waals surface area (Å²) in [5, 5.41) is 3.64. The minimum atomic E-state index is -0.117. The molecule has 0 unspecified atom stereocenters. The lowest BCUT2D eigenvalue weighted by Gasteiger charge is -2.14. The van der Waals surface area contributed by atoms with Crippen LogP contribution in [0.1, 0.15) is 31.9 Å². The molecule has 136 valence electrons. The zero-order valence-electron chi connectivity index (χ0n) is 14.9. The highest BCUT2D eigenvalue weighted by molar-refractivity contribution is 6.30. The molecule has 1 amide bonds. The Balaban J connectivity index is 1.70. The first-order chi connectivity index (χ1) is 12.5. The lowest BCUT2D eigenvalue weighted by molar-refractivity contribution is -0.121. The second-order valence-electron chi connectivity index (χ2n) is 6.26. The zero-order valence-corrected chi connectivity index (χ0v) is 15.7. The number of benzene rings is 2. The fourth-order valence-electron chi connectivity index (χ4n) is 3.16. The van der Waals surface area contributed by atoms with Crippen molar-refractivity contribution in [3.63, 3.8) is 0 Å². The third-order valence-corrected chi connectivity index (χ3v) is 4.80. The topological polar surface area (TPSA) is 56.0 Å². The van der Waals surface area contributed by atoms with E-state index in [1.165, 1.54) is 0 Å². The molecule has 0 spiro atoms. The van der Waals surface area contributed by atoms with Gasteiger partial charge in [0.25, 0.3) is 0 Å². The van der Waals surface area contributed by atoms with Gasteiger partial charge in [0.15, 0.2) is 0 Å². The Hall–Kier alpha value is -2.53. The highest BCUT2D eigenvalue weighted by atomic mass is 35.5. The molecule has 3 rings (SSSR count). The number of amides is 1. The summed E-state index contributed by atoms with van der Waals surface area (Å²) < 4.78 is 3.40. The number of hydrogen-bond donors (Lipinski definition) is 1. The van der Waals surface area contributed by atoms with E-state index in [1.807, 2.05) is 50.2 Å². The third kappa shape index (κ3) is 3.68. The molecule has 0 aliphatic rings. The highest BCUT2D eigenvalue weighted by Crippen LogP contribution is 2.16. The number of carbonyl (C=O) groups excluding carboxylic acids is 1. The summed E-state index contributed by atoms with van der Waals surface area (Å²) in [4.78, 5) is 24.9. The molecule has 26 heavy (non-hydrogen) atoms. The number of halogens is 1. The van der Waals surface area contributed by atoms with Crippen LogP contribution in [0, 0.1) is 0 Å². The second-order valence-corrected chi connectivity index (χ2v) is 6.69. The number of carbonyl (C=O) groups is 1. The van der Waals surface area contributed by atoms with Gasteiger partial charge in [-0.1, -0.05) is 35.9 Å². The second kappa shape index (κ2) is 7.79. The Morgan fingerprint density at radius 3 is 2.31 bits per heavy atom. The fourth-order valence-corrected chi connectivity index (χ4v) is 3.28. The van der Waals surface area contributed by atoms with Gasteiger partial charge in [-0.3, -0.25) is 13.9 Å². The van der Waals surface area contributed by atoms with E-state index in [0.717, 1.165) is 16.6 Å². The number of imidazole rings is 1. The van der Waals surface area contributed by atoms with Crippen molar-refractivity contribution in [3.05, 3.63) is 69.6 Å².